The van der Waals surface area contributed by atoms with E-state index in [2.05, 4.69) is 17.1 Å². The molecule has 2 saturated heterocycles. The quantitative estimate of drug-likeness (QED) is 0.859. The van der Waals surface area contributed by atoms with E-state index in [4.69, 9.17) is 9.47 Å². The van der Waals surface area contributed by atoms with Gasteiger partial charge in [-0.05, 0) is 25.0 Å². The third kappa shape index (κ3) is 4.32. The summed E-state index contributed by atoms with van der Waals surface area (Å²) in [7, 11) is 0. The molecule has 128 valence electrons. The molecule has 23 heavy (non-hydrogen) atoms. The molecule has 3 rings (SSSR count). The number of thiophene rings is 1. The zero-order valence-electron chi connectivity index (χ0n) is 13.8. The van der Waals surface area contributed by atoms with Gasteiger partial charge in [0.1, 0.15) is 0 Å². The second-order valence-corrected chi connectivity index (χ2v) is 7.34. The summed E-state index contributed by atoms with van der Waals surface area (Å²) in [6.45, 7) is 7.88. The van der Waals surface area contributed by atoms with Crippen molar-refractivity contribution in [1.29, 1.82) is 0 Å². The lowest BCUT2D eigenvalue weighted by atomic mass is 9.97. The summed E-state index contributed by atoms with van der Waals surface area (Å²) in [6, 6.07) is 4.32. The van der Waals surface area contributed by atoms with Gasteiger partial charge in [-0.25, -0.2) is 0 Å². The predicted molar refractivity (Wildman–Crippen MR) is 91.1 cm³/mol. The Balaban J connectivity index is 1.59. The van der Waals surface area contributed by atoms with Gasteiger partial charge in [0.05, 0.1) is 24.7 Å². The summed E-state index contributed by atoms with van der Waals surface area (Å²) in [4.78, 5) is 16.9. The van der Waals surface area contributed by atoms with Gasteiger partial charge < -0.3 is 14.8 Å². The van der Waals surface area contributed by atoms with Crippen LogP contribution >= 0.6 is 11.3 Å². The number of amides is 1. The minimum atomic E-state index is 0.0480. The second-order valence-electron chi connectivity index (χ2n) is 6.17. The van der Waals surface area contributed by atoms with Gasteiger partial charge in [-0.1, -0.05) is 6.92 Å². The fraction of sp³-hybridized carbons (Fsp3) is 0.706. The molecule has 1 amide bonds. The molecule has 2 aliphatic rings. The van der Waals surface area contributed by atoms with Crippen LogP contribution in [0.25, 0.3) is 0 Å². The van der Waals surface area contributed by atoms with E-state index in [1.54, 1.807) is 11.3 Å². The van der Waals surface area contributed by atoms with E-state index in [-0.39, 0.29) is 5.91 Å². The lowest BCUT2D eigenvalue weighted by Crippen LogP contribution is -2.52. The number of nitrogens with zero attached hydrogens (tertiary/aromatic N) is 1. The molecule has 0 aliphatic carbocycles. The Bertz CT molecular complexity index is 508. The topological polar surface area (TPSA) is 50.8 Å². The van der Waals surface area contributed by atoms with Gasteiger partial charge in [-0.15, -0.1) is 11.3 Å². The zero-order chi connectivity index (χ0) is 16.1. The highest BCUT2D eigenvalue weighted by Crippen LogP contribution is 2.22. The summed E-state index contributed by atoms with van der Waals surface area (Å²) in [6.07, 6.45) is 2.06. The summed E-state index contributed by atoms with van der Waals surface area (Å²) in [5, 5.41) is 3.14. The van der Waals surface area contributed by atoms with Gasteiger partial charge in [0.2, 0.25) is 0 Å². The summed E-state index contributed by atoms with van der Waals surface area (Å²) in [5.41, 5.74) is 0. The number of carbonyl (C=O) groups is 1. The zero-order valence-corrected chi connectivity index (χ0v) is 14.6. The van der Waals surface area contributed by atoms with Crippen molar-refractivity contribution >= 4 is 17.2 Å². The molecule has 2 aliphatic heterocycles. The second kappa shape index (κ2) is 8.24. The van der Waals surface area contributed by atoms with Crippen molar-refractivity contribution in [2.24, 2.45) is 5.92 Å². The van der Waals surface area contributed by atoms with Crippen LogP contribution in [-0.4, -0.2) is 62.9 Å². The van der Waals surface area contributed by atoms with Crippen LogP contribution in [0.15, 0.2) is 12.1 Å². The van der Waals surface area contributed by atoms with E-state index < -0.39 is 0 Å². The lowest BCUT2D eigenvalue weighted by molar-refractivity contribution is 0.00167. The average molecular weight is 338 g/mol. The molecule has 1 aromatic rings. The molecule has 1 N–H and O–H groups in total. The van der Waals surface area contributed by atoms with E-state index >= 15 is 0 Å². The number of aryl methyl sites for hydroxylation is 1. The molecule has 2 atom stereocenters. The number of hydrogen-bond acceptors (Lipinski definition) is 5. The van der Waals surface area contributed by atoms with Crippen molar-refractivity contribution in [3.8, 4) is 0 Å². The van der Waals surface area contributed by atoms with Crippen LogP contribution in [0.2, 0.25) is 0 Å². The van der Waals surface area contributed by atoms with Crippen molar-refractivity contribution in [3.63, 3.8) is 0 Å². The SMILES string of the molecule is CCc1ccc(C(=O)NCC(C2CCOC2)N2CCOCC2)s1. The van der Waals surface area contributed by atoms with Gasteiger partial charge >= 0.3 is 0 Å². The highest BCUT2D eigenvalue weighted by Gasteiger charge is 2.31. The van der Waals surface area contributed by atoms with Gasteiger partial charge in [-0.2, -0.15) is 0 Å². The molecule has 3 heterocycles. The molecule has 1 aromatic heterocycles. The number of carbonyl (C=O) groups excluding carboxylic acids is 1. The van der Waals surface area contributed by atoms with Gasteiger partial charge in [0, 0.05) is 43.1 Å². The van der Waals surface area contributed by atoms with Crippen molar-refractivity contribution in [1.82, 2.24) is 10.2 Å². The Morgan fingerprint density at radius 2 is 2.17 bits per heavy atom. The molecule has 0 spiro atoms. The molecule has 0 bridgehead atoms. The number of hydrogen-bond donors (Lipinski definition) is 1. The summed E-state index contributed by atoms with van der Waals surface area (Å²) < 4.78 is 11.0. The first kappa shape index (κ1) is 16.9. The van der Waals surface area contributed by atoms with Crippen LogP contribution in [0.1, 0.15) is 27.9 Å². The van der Waals surface area contributed by atoms with Crippen LogP contribution < -0.4 is 5.32 Å². The van der Waals surface area contributed by atoms with E-state index in [0.29, 0.717) is 18.5 Å². The van der Waals surface area contributed by atoms with Crippen molar-refractivity contribution in [3.05, 3.63) is 21.9 Å². The summed E-state index contributed by atoms with van der Waals surface area (Å²) >= 11 is 1.59. The van der Waals surface area contributed by atoms with E-state index in [1.807, 2.05) is 12.1 Å². The molecular formula is C17H26N2O3S. The van der Waals surface area contributed by atoms with E-state index in [1.165, 1.54) is 4.88 Å². The van der Waals surface area contributed by atoms with Gasteiger partial charge in [0.25, 0.3) is 5.91 Å². The van der Waals surface area contributed by atoms with Crippen LogP contribution in [0.4, 0.5) is 0 Å². The lowest BCUT2D eigenvalue weighted by Gasteiger charge is -2.37. The van der Waals surface area contributed by atoms with Crippen LogP contribution in [0.3, 0.4) is 0 Å². The molecule has 2 unspecified atom stereocenters. The summed E-state index contributed by atoms with van der Waals surface area (Å²) in [5.74, 6) is 0.551. The first-order valence-corrected chi connectivity index (χ1v) is 9.36. The largest absolute Gasteiger partial charge is 0.381 e. The Morgan fingerprint density at radius 3 is 2.83 bits per heavy atom. The number of morpholine rings is 1. The maximum Gasteiger partial charge on any atom is 0.261 e. The standard InChI is InChI=1S/C17H26N2O3S/c1-2-14-3-4-16(23-14)17(20)18-11-15(13-5-8-22-12-13)19-6-9-21-10-7-19/h3-4,13,15H,2,5-12H2,1H3,(H,18,20). The van der Waals surface area contributed by atoms with E-state index in [0.717, 1.165) is 57.2 Å². The third-order valence-corrected chi connectivity index (χ3v) is 5.96. The Hall–Kier alpha value is -0.950. The maximum absolute atomic E-state index is 12.4. The molecule has 0 saturated carbocycles. The first-order chi connectivity index (χ1) is 11.3. The van der Waals surface area contributed by atoms with Crippen LogP contribution in [0, 0.1) is 5.92 Å². The Labute approximate surface area is 142 Å². The molecule has 2 fully saturated rings. The average Bonchev–Trinajstić information content (AvgIpc) is 3.27. The fourth-order valence-electron chi connectivity index (χ4n) is 3.33. The maximum atomic E-state index is 12.4. The smallest absolute Gasteiger partial charge is 0.261 e. The van der Waals surface area contributed by atoms with Gasteiger partial charge in [-0.3, -0.25) is 9.69 Å². The Kier molecular flexibility index (Phi) is 6.05. The molecule has 0 aromatic carbocycles. The normalized spacial score (nSPS) is 23.8. The number of ether oxygens (including phenoxy) is 2. The van der Waals surface area contributed by atoms with Crippen molar-refractivity contribution in [2.45, 2.75) is 25.8 Å². The van der Waals surface area contributed by atoms with Crippen LogP contribution in [-0.2, 0) is 15.9 Å². The monoisotopic (exact) mass is 338 g/mol. The number of nitrogens with one attached hydrogen (secondary N) is 1. The van der Waals surface area contributed by atoms with Gasteiger partial charge in [0.15, 0.2) is 0 Å². The fourth-order valence-corrected chi connectivity index (χ4v) is 4.20. The predicted octanol–water partition coefficient (Wildman–Crippen LogP) is 1.78. The highest BCUT2D eigenvalue weighted by molar-refractivity contribution is 7.14. The van der Waals surface area contributed by atoms with Crippen molar-refractivity contribution in [2.75, 3.05) is 46.1 Å². The minimum absolute atomic E-state index is 0.0480. The Morgan fingerprint density at radius 1 is 1.35 bits per heavy atom. The molecular weight excluding hydrogens is 312 g/mol. The molecule has 6 heteroatoms. The first-order valence-electron chi connectivity index (χ1n) is 8.54. The molecule has 0 radical (unpaired) electrons. The minimum Gasteiger partial charge on any atom is -0.381 e. The van der Waals surface area contributed by atoms with Crippen molar-refractivity contribution < 1.29 is 14.3 Å². The third-order valence-electron chi connectivity index (χ3n) is 4.73. The highest BCUT2D eigenvalue weighted by atomic mass is 32.1. The number of rotatable bonds is 6. The molecule has 5 nitrogen and oxygen atoms in total. The van der Waals surface area contributed by atoms with Crippen LogP contribution in [0.5, 0.6) is 0 Å². The van der Waals surface area contributed by atoms with E-state index in [9.17, 15) is 4.79 Å².